The monoisotopic (exact) mass is 296 g/mol. The van der Waals surface area contributed by atoms with E-state index in [2.05, 4.69) is 19.9 Å². The van der Waals surface area contributed by atoms with E-state index in [1.165, 1.54) is 0 Å². The maximum Gasteiger partial charge on any atom is 0.0720 e. The highest BCUT2D eigenvalue weighted by molar-refractivity contribution is 5.31. The Kier molecular flexibility index (Phi) is 8.54. The molecule has 0 aromatic heterocycles. The molecule has 0 radical (unpaired) electrons. The van der Waals surface area contributed by atoms with Crippen LogP contribution in [0.2, 0.25) is 0 Å². The van der Waals surface area contributed by atoms with Crippen LogP contribution in [-0.2, 0) is 24.4 Å². The van der Waals surface area contributed by atoms with Crippen molar-refractivity contribution < 1.29 is 20.1 Å². The number of ether oxygens (including phenoxy) is 1. The Morgan fingerprint density at radius 3 is 2.43 bits per heavy atom. The van der Waals surface area contributed by atoms with E-state index in [0.29, 0.717) is 25.6 Å². The molecule has 0 heterocycles. The quantitative estimate of drug-likeness (QED) is 0.577. The zero-order valence-electron chi connectivity index (χ0n) is 13.1. The Morgan fingerprint density at radius 2 is 1.86 bits per heavy atom. The van der Waals surface area contributed by atoms with Crippen molar-refractivity contribution in [3.63, 3.8) is 0 Å². The Hall–Kier alpha value is -0.940. The Morgan fingerprint density at radius 1 is 1.10 bits per heavy atom. The van der Waals surface area contributed by atoms with Crippen molar-refractivity contribution in [3.8, 4) is 0 Å². The van der Waals surface area contributed by atoms with E-state index < -0.39 is 0 Å². The molecule has 0 aliphatic rings. The van der Waals surface area contributed by atoms with Crippen LogP contribution in [-0.4, -0.2) is 35.1 Å². The highest BCUT2D eigenvalue weighted by Crippen LogP contribution is 2.20. The van der Waals surface area contributed by atoms with Gasteiger partial charge in [0.25, 0.3) is 0 Å². The maximum atomic E-state index is 9.44. The number of rotatable bonds is 10. The van der Waals surface area contributed by atoms with Gasteiger partial charge in [-0.1, -0.05) is 32.0 Å². The highest BCUT2D eigenvalue weighted by atomic mass is 16.5. The Labute approximate surface area is 127 Å². The zero-order valence-corrected chi connectivity index (χ0v) is 13.1. The summed E-state index contributed by atoms with van der Waals surface area (Å²) >= 11 is 0. The van der Waals surface area contributed by atoms with Gasteiger partial charge in [0, 0.05) is 19.8 Å². The van der Waals surface area contributed by atoms with Crippen molar-refractivity contribution in [3.05, 3.63) is 34.9 Å². The third-order valence-electron chi connectivity index (χ3n) is 3.82. The van der Waals surface area contributed by atoms with Crippen LogP contribution in [0.5, 0.6) is 0 Å². The fourth-order valence-corrected chi connectivity index (χ4v) is 2.26. The van der Waals surface area contributed by atoms with Crippen LogP contribution in [0.4, 0.5) is 0 Å². The molecule has 1 atom stereocenters. The Balaban J connectivity index is 2.74. The second-order valence-electron chi connectivity index (χ2n) is 5.78. The molecule has 0 saturated heterocycles. The third-order valence-corrected chi connectivity index (χ3v) is 3.82. The van der Waals surface area contributed by atoms with E-state index in [4.69, 9.17) is 9.84 Å². The molecule has 4 nitrogen and oxygen atoms in total. The number of aliphatic hydroxyl groups is 3. The minimum absolute atomic E-state index is 0.00736. The first-order chi connectivity index (χ1) is 10.1. The lowest BCUT2D eigenvalue weighted by Crippen LogP contribution is -2.16. The van der Waals surface area contributed by atoms with Crippen molar-refractivity contribution in [2.24, 2.45) is 11.8 Å². The van der Waals surface area contributed by atoms with Gasteiger partial charge in [0.15, 0.2) is 0 Å². The van der Waals surface area contributed by atoms with Crippen molar-refractivity contribution >= 4 is 0 Å². The molecule has 1 unspecified atom stereocenters. The van der Waals surface area contributed by atoms with Gasteiger partial charge < -0.3 is 20.1 Å². The molecule has 0 spiro atoms. The van der Waals surface area contributed by atoms with E-state index in [0.717, 1.165) is 23.1 Å². The lowest BCUT2D eigenvalue weighted by Gasteiger charge is -2.19. The highest BCUT2D eigenvalue weighted by Gasteiger charge is 2.14. The molecule has 1 aromatic rings. The van der Waals surface area contributed by atoms with E-state index in [-0.39, 0.29) is 25.7 Å². The van der Waals surface area contributed by atoms with E-state index >= 15 is 0 Å². The zero-order chi connectivity index (χ0) is 15.7. The third kappa shape index (κ3) is 6.14. The summed E-state index contributed by atoms with van der Waals surface area (Å²) in [5, 5.41) is 27.6. The van der Waals surface area contributed by atoms with Gasteiger partial charge in [0.2, 0.25) is 0 Å². The second kappa shape index (κ2) is 9.90. The van der Waals surface area contributed by atoms with Crippen LogP contribution in [0.3, 0.4) is 0 Å². The van der Waals surface area contributed by atoms with Crippen LogP contribution in [0.25, 0.3) is 0 Å². The fourth-order valence-electron chi connectivity index (χ4n) is 2.26. The van der Waals surface area contributed by atoms with Gasteiger partial charge in [0.05, 0.1) is 13.2 Å². The van der Waals surface area contributed by atoms with Crippen LogP contribution >= 0.6 is 0 Å². The van der Waals surface area contributed by atoms with E-state index in [1.54, 1.807) is 0 Å². The lowest BCUT2D eigenvalue weighted by atomic mass is 9.89. The standard InChI is InChI=1S/C17H28O4/c1-13(2)16(11-20)8-14-4-5-15(10-19)17(9-14)12-21-7-3-6-18/h4-5,9,13,16,18-20H,3,6-8,10-12H2,1-2H3. The van der Waals surface area contributed by atoms with Crippen LogP contribution in [0.15, 0.2) is 18.2 Å². The summed E-state index contributed by atoms with van der Waals surface area (Å²) in [6.45, 7) is 5.48. The van der Waals surface area contributed by atoms with Crippen molar-refractivity contribution in [1.29, 1.82) is 0 Å². The smallest absolute Gasteiger partial charge is 0.0720 e. The van der Waals surface area contributed by atoms with Crippen molar-refractivity contribution in [1.82, 2.24) is 0 Å². The molecule has 0 aliphatic carbocycles. The summed E-state index contributed by atoms with van der Waals surface area (Å²) < 4.78 is 5.52. The van der Waals surface area contributed by atoms with E-state index in [1.807, 2.05) is 12.1 Å². The number of benzene rings is 1. The molecular formula is C17H28O4. The molecule has 120 valence electrons. The summed E-state index contributed by atoms with van der Waals surface area (Å²) in [5.74, 6) is 0.671. The van der Waals surface area contributed by atoms with Gasteiger partial charge in [-0.25, -0.2) is 0 Å². The number of hydrogen-bond acceptors (Lipinski definition) is 4. The molecule has 21 heavy (non-hydrogen) atoms. The van der Waals surface area contributed by atoms with Crippen LogP contribution in [0.1, 0.15) is 37.0 Å². The minimum atomic E-state index is -0.00736. The molecule has 0 aliphatic heterocycles. The van der Waals surface area contributed by atoms with Crippen molar-refractivity contribution in [2.45, 2.75) is 39.9 Å². The fraction of sp³-hybridized carbons (Fsp3) is 0.647. The van der Waals surface area contributed by atoms with Gasteiger partial charge >= 0.3 is 0 Å². The SMILES string of the molecule is CC(C)C(CO)Cc1ccc(CO)c(COCCCO)c1. The van der Waals surface area contributed by atoms with Gasteiger partial charge in [-0.05, 0) is 41.4 Å². The molecule has 1 rings (SSSR count). The van der Waals surface area contributed by atoms with E-state index in [9.17, 15) is 10.2 Å². The Bertz CT molecular complexity index is 404. The average molecular weight is 296 g/mol. The first-order valence-electron chi connectivity index (χ1n) is 7.63. The van der Waals surface area contributed by atoms with Gasteiger partial charge in [-0.3, -0.25) is 0 Å². The molecule has 0 saturated carbocycles. The molecule has 0 amide bonds. The van der Waals surface area contributed by atoms with Gasteiger partial charge in [-0.2, -0.15) is 0 Å². The van der Waals surface area contributed by atoms with Crippen LogP contribution < -0.4 is 0 Å². The lowest BCUT2D eigenvalue weighted by molar-refractivity contribution is 0.103. The maximum absolute atomic E-state index is 9.44. The average Bonchev–Trinajstić information content (AvgIpc) is 2.49. The predicted octanol–water partition coefficient (Wildman–Crippen LogP) is 1.88. The first kappa shape index (κ1) is 18.1. The summed E-state index contributed by atoms with van der Waals surface area (Å²) in [4.78, 5) is 0. The summed E-state index contributed by atoms with van der Waals surface area (Å²) in [6.07, 6.45) is 1.44. The van der Waals surface area contributed by atoms with Gasteiger partial charge in [0.1, 0.15) is 0 Å². The van der Waals surface area contributed by atoms with Crippen LogP contribution in [0, 0.1) is 11.8 Å². The summed E-state index contributed by atoms with van der Waals surface area (Å²) in [7, 11) is 0. The predicted molar refractivity (Wildman–Crippen MR) is 82.8 cm³/mol. The second-order valence-corrected chi connectivity index (χ2v) is 5.78. The first-order valence-corrected chi connectivity index (χ1v) is 7.63. The molecular weight excluding hydrogens is 268 g/mol. The molecule has 0 fully saturated rings. The molecule has 0 bridgehead atoms. The molecule has 1 aromatic carbocycles. The normalized spacial score (nSPS) is 12.9. The summed E-state index contributed by atoms with van der Waals surface area (Å²) in [6, 6.07) is 5.98. The minimum Gasteiger partial charge on any atom is -0.396 e. The number of hydrogen-bond donors (Lipinski definition) is 3. The topological polar surface area (TPSA) is 69.9 Å². The molecule has 4 heteroatoms. The van der Waals surface area contributed by atoms with Gasteiger partial charge in [-0.15, -0.1) is 0 Å². The summed E-state index contributed by atoms with van der Waals surface area (Å²) in [5.41, 5.74) is 3.00. The van der Waals surface area contributed by atoms with Crippen molar-refractivity contribution in [2.75, 3.05) is 19.8 Å². The molecule has 3 N–H and O–H groups in total. The largest absolute Gasteiger partial charge is 0.396 e. The number of aliphatic hydroxyl groups excluding tert-OH is 3.